The lowest BCUT2D eigenvalue weighted by atomic mass is 10.0. The lowest BCUT2D eigenvalue weighted by Gasteiger charge is -2.19. The highest BCUT2D eigenvalue weighted by Crippen LogP contribution is 2.42. The van der Waals surface area contributed by atoms with Crippen LogP contribution in [0.2, 0.25) is 0 Å². The molecule has 1 atom stereocenters. The van der Waals surface area contributed by atoms with E-state index in [0.717, 1.165) is 5.56 Å². The van der Waals surface area contributed by atoms with Crippen molar-refractivity contribution in [2.75, 3.05) is 27.9 Å². The molecule has 0 saturated heterocycles. The quantitative estimate of drug-likeness (QED) is 0.740. The molecule has 0 spiro atoms. The van der Waals surface area contributed by atoms with Gasteiger partial charge in [-0.15, -0.1) is 0 Å². The zero-order valence-electron chi connectivity index (χ0n) is 13.0. The SMILES string of the molecule is CCOC(=O)CCC(N)c1ccc(OC)c(OC)c1OC. The van der Waals surface area contributed by atoms with E-state index in [4.69, 9.17) is 24.7 Å². The molecule has 2 N–H and O–H groups in total. The van der Waals surface area contributed by atoms with E-state index in [1.165, 1.54) is 7.11 Å². The van der Waals surface area contributed by atoms with Crippen LogP contribution in [0.5, 0.6) is 17.2 Å². The van der Waals surface area contributed by atoms with Crippen molar-refractivity contribution < 1.29 is 23.7 Å². The van der Waals surface area contributed by atoms with E-state index in [-0.39, 0.29) is 18.4 Å². The number of methoxy groups -OCH3 is 3. The summed E-state index contributed by atoms with van der Waals surface area (Å²) in [6.45, 7) is 2.14. The second-order valence-corrected chi connectivity index (χ2v) is 4.37. The lowest BCUT2D eigenvalue weighted by Crippen LogP contribution is -2.15. The molecule has 0 aliphatic carbocycles. The molecular weight excluding hydrogens is 274 g/mol. The Bertz CT molecular complexity index is 475. The number of carbonyl (C=O) groups is 1. The molecule has 0 saturated carbocycles. The average molecular weight is 297 g/mol. The van der Waals surface area contributed by atoms with Crippen molar-refractivity contribution in [2.24, 2.45) is 5.73 Å². The van der Waals surface area contributed by atoms with Crippen molar-refractivity contribution >= 4 is 5.97 Å². The number of rotatable bonds is 8. The van der Waals surface area contributed by atoms with Crippen LogP contribution in [0.25, 0.3) is 0 Å². The Morgan fingerprint density at radius 3 is 2.33 bits per heavy atom. The molecule has 0 aliphatic rings. The van der Waals surface area contributed by atoms with E-state index < -0.39 is 0 Å². The largest absolute Gasteiger partial charge is 0.493 e. The molecule has 0 bridgehead atoms. The van der Waals surface area contributed by atoms with E-state index in [9.17, 15) is 4.79 Å². The fourth-order valence-electron chi connectivity index (χ4n) is 2.08. The van der Waals surface area contributed by atoms with E-state index >= 15 is 0 Å². The van der Waals surface area contributed by atoms with Crippen LogP contribution in [0.15, 0.2) is 12.1 Å². The second-order valence-electron chi connectivity index (χ2n) is 4.37. The van der Waals surface area contributed by atoms with Crippen molar-refractivity contribution in [3.8, 4) is 17.2 Å². The fraction of sp³-hybridized carbons (Fsp3) is 0.533. The topological polar surface area (TPSA) is 80.0 Å². The summed E-state index contributed by atoms with van der Waals surface area (Å²) in [5.74, 6) is 1.32. The molecule has 6 heteroatoms. The van der Waals surface area contributed by atoms with Gasteiger partial charge < -0.3 is 24.7 Å². The predicted molar refractivity (Wildman–Crippen MR) is 78.9 cm³/mol. The van der Waals surface area contributed by atoms with Gasteiger partial charge in [0.25, 0.3) is 0 Å². The molecule has 21 heavy (non-hydrogen) atoms. The van der Waals surface area contributed by atoms with Gasteiger partial charge in [-0.25, -0.2) is 0 Å². The molecule has 0 aromatic heterocycles. The number of ether oxygens (including phenoxy) is 4. The Kier molecular flexibility index (Phi) is 6.81. The van der Waals surface area contributed by atoms with Crippen LogP contribution >= 0.6 is 0 Å². The van der Waals surface area contributed by atoms with Gasteiger partial charge in [-0.1, -0.05) is 0 Å². The van der Waals surface area contributed by atoms with Crippen LogP contribution in [0, 0.1) is 0 Å². The number of benzene rings is 1. The maximum atomic E-state index is 11.4. The number of nitrogens with two attached hydrogens (primary N) is 1. The molecule has 0 radical (unpaired) electrons. The van der Waals surface area contributed by atoms with Crippen molar-refractivity contribution in [1.82, 2.24) is 0 Å². The van der Waals surface area contributed by atoms with Crippen LogP contribution in [0.4, 0.5) is 0 Å². The summed E-state index contributed by atoms with van der Waals surface area (Å²) in [4.78, 5) is 11.4. The molecular formula is C15H23NO5. The lowest BCUT2D eigenvalue weighted by molar-refractivity contribution is -0.143. The number of esters is 1. The standard InChI is InChI=1S/C15H23NO5/c1-5-21-13(17)9-7-11(16)10-6-8-12(18-2)15(20-4)14(10)19-3/h6,8,11H,5,7,9,16H2,1-4H3. The third-order valence-corrected chi connectivity index (χ3v) is 3.10. The monoisotopic (exact) mass is 297 g/mol. The van der Waals surface area contributed by atoms with Crippen molar-refractivity contribution in [3.05, 3.63) is 17.7 Å². The van der Waals surface area contributed by atoms with Gasteiger partial charge in [0.1, 0.15) is 0 Å². The van der Waals surface area contributed by atoms with Gasteiger partial charge in [0.2, 0.25) is 5.75 Å². The Balaban J connectivity index is 2.93. The van der Waals surface area contributed by atoms with Crippen LogP contribution < -0.4 is 19.9 Å². The molecule has 0 aliphatic heterocycles. The normalized spacial score (nSPS) is 11.7. The molecule has 0 fully saturated rings. The first-order chi connectivity index (χ1) is 10.1. The zero-order chi connectivity index (χ0) is 15.8. The highest BCUT2D eigenvalue weighted by molar-refractivity contribution is 5.69. The third kappa shape index (κ3) is 4.26. The van der Waals surface area contributed by atoms with E-state index in [0.29, 0.717) is 30.3 Å². The summed E-state index contributed by atoms with van der Waals surface area (Å²) in [6, 6.07) is 3.22. The maximum Gasteiger partial charge on any atom is 0.305 e. The minimum Gasteiger partial charge on any atom is -0.493 e. The summed E-state index contributed by atoms with van der Waals surface area (Å²) in [5.41, 5.74) is 6.91. The molecule has 6 nitrogen and oxygen atoms in total. The minimum atomic E-state index is -0.357. The zero-order valence-corrected chi connectivity index (χ0v) is 13.0. The fourth-order valence-corrected chi connectivity index (χ4v) is 2.08. The predicted octanol–water partition coefficient (Wildman–Crippen LogP) is 2.06. The maximum absolute atomic E-state index is 11.4. The van der Waals surface area contributed by atoms with Crippen molar-refractivity contribution in [1.29, 1.82) is 0 Å². The van der Waals surface area contributed by atoms with Gasteiger partial charge in [-0.3, -0.25) is 4.79 Å². The van der Waals surface area contributed by atoms with Gasteiger partial charge >= 0.3 is 5.97 Å². The number of hydrogen-bond donors (Lipinski definition) is 1. The van der Waals surface area contributed by atoms with Gasteiger partial charge in [-0.05, 0) is 25.5 Å². The van der Waals surface area contributed by atoms with Crippen LogP contribution in [-0.2, 0) is 9.53 Å². The van der Waals surface area contributed by atoms with Gasteiger partial charge in [0.05, 0.1) is 27.9 Å². The van der Waals surface area contributed by atoms with Crippen molar-refractivity contribution in [2.45, 2.75) is 25.8 Å². The van der Waals surface area contributed by atoms with Crippen molar-refractivity contribution in [3.63, 3.8) is 0 Å². The van der Waals surface area contributed by atoms with Gasteiger partial charge in [-0.2, -0.15) is 0 Å². The summed E-state index contributed by atoms with van der Waals surface area (Å²) in [6.07, 6.45) is 0.719. The summed E-state index contributed by atoms with van der Waals surface area (Å²) >= 11 is 0. The minimum absolute atomic E-state index is 0.256. The average Bonchev–Trinajstić information content (AvgIpc) is 2.51. The van der Waals surface area contributed by atoms with Crippen LogP contribution in [0.3, 0.4) is 0 Å². The first-order valence-electron chi connectivity index (χ1n) is 6.79. The Labute approximate surface area is 125 Å². The summed E-state index contributed by atoms with van der Waals surface area (Å²) in [5, 5.41) is 0. The first kappa shape index (κ1) is 17.1. The summed E-state index contributed by atoms with van der Waals surface area (Å²) in [7, 11) is 4.63. The Morgan fingerprint density at radius 1 is 1.14 bits per heavy atom. The van der Waals surface area contributed by atoms with Crippen LogP contribution in [-0.4, -0.2) is 33.9 Å². The number of hydrogen-bond acceptors (Lipinski definition) is 6. The summed E-state index contributed by atoms with van der Waals surface area (Å²) < 4.78 is 20.8. The molecule has 1 unspecified atom stereocenters. The Hall–Kier alpha value is -1.95. The van der Waals surface area contributed by atoms with Gasteiger partial charge in [0.15, 0.2) is 11.5 Å². The van der Waals surface area contributed by atoms with E-state index in [2.05, 4.69) is 0 Å². The number of carbonyl (C=O) groups excluding carboxylic acids is 1. The molecule has 118 valence electrons. The van der Waals surface area contributed by atoms with E-state index in [1.807, 2.05) is 6.07 Å². The molecule has 1 rings (SSSR count). The molecule has 1 aromatic carbocycles. The molecule has 1 aromatic rings. The molecule has 0 amide bonds. The first-order valence-corrected chi connectivity index (χ1v) is 6.79. The van der Waals surface area contributed by atoms with Crippen LogP contribution in [0.1, 0.15) is 31.4 Å². The third-order valence-electron chi connectivity index (χ3n) is 3.10. The highest BCUT2D eigenvalue weighted by Gasteiger charge is 2.20. The smallest absolute Gasteiger partial charge is 0.305 e. The second kappa shape index (κ2) is 8.36. The Morgan fingerprint density at radius 2 is 1.81 bits per heavy atom. The highest BCUT2D eigenvalue weighted by atomic mass is 16.5. The van der Waals surface area contributed by atoms with E-state index in [1.54, 1.807) is 27.2 Å². The van der Waals surface area contributed by atoms with Gasteiger partial charge in [0, 0.05) is 18.0 Å². The molecule has 0 heterocycles.